The summed E-state index contributed by atoms with van der Waals surface area (Å²) in [6, 6.07) is 0. The van der Waals surface area contributed by atoms with Gasteiger partial charge in [-0.05, 0) is 0 Å². The summed E-state index contributed by atoms with van der Waals surface area (Å²) in [7, 11) is -4.50. The van der Waals surface area contributed by atoms with Gasteiger partial charge < -0.3 is 0 Å². The van der Waals surface area contributed by atoms with Crippen molar-refractivity contribution in [1.29, 1.82) is 0 Å². The van der Waals surface area contributed by atoms with Gasteiger partial charge in [0, 0.05) is 0 Å². The second-order valence-electron chi connectivity index (χ2n) is 5.79. The van der Waals surface area contributed by atoms with Gasteiger partial charge in [-0.25, -0.2) is 0 Å². The van der Waals surface area contributed by atoms with Crippen LogP contribution < -0.4 is 0 Å². The van der Waals surface area contributed by atoms with Gasteiger partial charge in [-0.15, -0.1) is 0 Å². The molecule has 1 aliphatic rings. The van der Waals surface area contributed by atoms with E-state index in [4.69, 9.17) is 4.52 Å². The molecular weight excluding hydrogens is 355 g/mol. The molecule has 0 atom stereocenters. The number of aliphatic imine (C=N–C) groups is 1. The Balaban J connectivity index is 4.00. The summed E-state index contributed by atoms with van der Waals surface area (Å²) in [6.45, 7) is 4.00. The van der Waals surface area contributed by atoms with Crippen molar-refractivity contribution in [1.82, 2.24) is 0 Å². The van der Waals surface area contributed by atoms with E-state index in [1.165, 1.54) is 20.8 Å². The Hall–Kier alpha value is -0.640. The first-order chi connectivity index (χ1) is 10.1. The van der Waals surface area contributed by atoms with Crippen molar-refractivity contribution in [3.05, 3.63) is 0 Å². The Morgan fingerprint density at radius 1 is 0.870 bits per heavy atom. The third kappa shape index (κ3) is 2.35. The fourth-order valence-electron chi connectivity index (χ4n) is 2.20. The Kier molecular flexibility index (Phi) is 4.59. The minimum atomic E-state index is -6.28. The molecule has 1 rings (SSSR count). The molecular formula is C11H18F6NO4P. The molecule has 0 aromatic heterocycles. The van der Waals surface area contributed by atoms with Crippen LogP contribution in [-0.4, -0.2) is 44.9 Å². The molecule has 0 aromatic rings. The Bertz CT molecular complexity index is 481. The van der Waals surface area contributed by atoms with Crippen molar-refractivity contribution >= 4 is 13.4 Å². The van der Waals surface area contributed by atoms with Gasteiger partial charge in [0.1, 0.15) is 0 Å². The zero-order chi connectivity index (χ0) is 18.6. The molecule has 0 saturated heterocycles. The Labute approximate surface area is 129 Å². The van der Waals surface area contributed by atoms with E-state index in [2.05, 4.69) is 18.6 Å². The number of halogens is 6. The molecule has 0 unspecified atom stereocenters. The quantitative estimate of drug-likeness (QED) is 0.542. The average molecular weight is 373 g/mol. The molecule has 12 heteroatoms. The summed E-state index contributed by atoms with van der Waals surface area (Å²) in [5, 5.41) is -4.81. The Morgan fingerprint density at radius 2 is 1.22 bits per heavy atom. The molecule has 138 valence electrons. The molecule has 0 saturated carbocycles. The first kappa shape index (κ1) is 20.4. The van der Waals surface area contributed by atoms with Crippen molar-refractivity contribution in [2.75, 3.05) is 21.3 Å². The van der Waals surface area contributed by atoms with Crippen LogP contribution in [-0.2, 0) is 18.1 Å². The number of nitrogens with zero attached hydrogens (tertiary/aromatic N) is 1. The van der Waals surface area contributed by atoms with E-state index in [0.29, 0.717) is 21.3 Å². The molecule has 5 nitrogen and oxygen atoms in total. The standard InChI is InChI=1S/C11H18F6NO4P/c1-8(2,3)7-18-9(10(12,13)14,11(15,16)17)23(19-4,20-5,21-6)22-7/h1-6H3. The molecule has 0 N–H and O–H groups in total. The van der Waals surface area contributed by atoms with Gasteiger partial charge in [0.25, 0.3) is 0 Å². The van der Waals surface area contributed by atoms with Crippen LogP contribution in [0.15, 0.2) is 4.99 Å². The molecule has 0 aliphatic carbocycles. The van der Waals surface area contributed by atoms with Crippen LogP contribution in [0, 0.1) is 5.41 Å². The van der Waals surface area contributed by atoms with E-state index in [0.717, 1.165) is 0 Å². The second-order valence-corrected chi connectivity index (χ2v) is 9.34. The van der Waals surface area contributed by atoms with E-state index in [1.807, 2.05) is 0 Å². The van der Waals surface area contributed by atoms with E-state index >= 15 is 0 Å². The van der Waals surface area contributed by atoms with Gasteiger partial charge in [-0.3, -0.25) is 0 Å². The molecule has 0 aromatic carbocycles. The van der Waals surface area contributed by atoms with Crippen molar-refractivity contribution in [2.24, 2.45) is 10.4 Å². The van der Waals surface area contributed by atoms with Crippen molar-refractivity contribution in [2.45, 2.75) is 38.4 Å². The third-order valence-corrected chi connectivity index (χ3v) is 7.45. The minimum absolute atomic E-state index is 0.595. The maximum atomic E-state index is 13.7. The predicted molar refractivity (Wildman–Crippen MR) is 70.8 cm³/mol. The van der Waals surface area contributed by atoms with E-state index < -0.39 is 36.5 Å². The number of hydrogen-bond acceptors (Lipinski definition) is 5. The maximum absolute atomic E-state index is 13.7. The SMILES string of the molecule is COP1(OC)(OC)OC(C(C)(C)C)=NC1(C(F)(F)F)C(F)(F)F. The van der Waals surface area contributed by atoms with Gasteiger partial charge in [0.15, 0.2) is 0 Å². The first-order valence-electron chi connectivity index (χ1n) is 6.21. The molecule has 0 bridgehead atoms. The third-order valence-electron chi connectivity index (χ3n) is 3.41. The van der Waals surface area contributed by atoms with Crippen LogP contribution >= 0.6 is 7.51 Å². The summed E-state index contributed by atoms with van der Waals surface area (Å²) in [4.78, 5) is 2.90. The second kappa shape index (κ2) is 5.18. The first-order valence-corrected chi connectivity index (χ1v) is 8.12. The predicted octanol–water partition coefficient (Wildman–Crippen LogP) is 4.43. The van der Waals surface area contributed by atoms with Crippen LogP contribution in [0.1, 0.15) is 20.8 Å². The molecule has 0 spiro atoms. The van der Waals surface area contributed by atoms with Crippen molar-refractivity contribution in [3.63, 3.8) is 0 Å². The molecule has 1 heterocycles. The zero-order valence-electron chi connectivity index (χ0n) is 13.3. The van der Waals surface area contributed by atoms with E-state index in [1.54, 1.807) is 0 Å². The number of alkyl halides is 6. The van der Waals surface area contributed by atoms with E-state index in [9.17, 15) is 26.3 Å². The molecule has 0 radical (unpaired) electrons. The molecule has 1 aliphatic heterocycles. The molecule has 23 heavy (non-hydrogen) atoms. The summed E-state index contributed by atoms with van der Waals surface area (Å²) in [5.41, 5.74) is -1.28. The van der Waals surface area contributed by atoms with Gasteiger partial charge in [0.2, 0.25) is 0 Å². The fourth-order valence-corrected chi connectivity index (χ4v) is 5.49. The van der Waals surface area contributed by atoms with Gasteiger partial charge in [0.05, 0.1) is 0 Å². The van der Waals surface area contributed by atoms with Gasteiger partial charge >= 0.3 is 128 Å². The Morgan fingerprint density at radius 3 is 1.39 bits per heavy atom. The molecule has 0 amide bonds. The summed E-state index contributed by atoms with van der Waals surface area (Å²) < 4.78 is 101. The average Bonchev–Trinajstić information content (AvgIpc) is 2.72. The summed E-state index contributed by atoms with van der Waals surface area (Å²) in [5.74, 6) is -0.824. The van der Waals surface area contributed by atoms with Crippen molar-refractivity contribution in [3.8, 4) is 0 Å². The van der Waals surface area contributed by atoms with Gasteiger partial charge in [-0.1, -0.05) is 0 Å². The fraction of sp³-hybridized carbons (Fsp3) is 0.909. The van der Waals surface area contributed by atoms with Gasteiger partial charge in [-0.2, -0.15) is 0 Å². The number of hydrogen-bond donors (Lipinski definition) is 0. The zero-order valence-corrected chi connectivity index (χ0v) is 14.2. The number of rotatable bonds is 3. The van der Waals surface area contributed by atoms with Crippen LogP contribution in [0.25, 0.3) is 0 Å². The van der Waals surface area contributed by atoms with Crippen LogP contribution in [0.3, 0.4) is 0 Å². The normalized spacial score (nSPS) is 25.2. The van der Waals surface area contributed by atoms with Crippen LogP contribution in [0.4, 0.5) is 26.3 Å². The van der Waals surface area contributed by atoms with E-state index in [-0.39, 0.29) is 0 Å². The monoisotopic (exact) mass is 373 g/mol. The summed E-state index contributed by atoms with van der Waals surface area (Å²) in [6.07, 6.45) is -11.9. The van der Waals surface area contributed by atoms with Crippen molar-refractivity contribution < 1.29 is 44.4 Å². The van der Waals surface area contributed by atoms with Crippen LogP contribution in [0.2, 0.25) is 0 Å². The topological polar surface area (TPSA) is 49.3 Å². The summed E-state index contributed by atoms with van der Waals surface area (Å²) >= 11 is 0. The van der Waals surface area contributed by atoms with Crippen LogP contribution in [0.5, 0.6) is 0 Å². The molecule has 0 fully saturated rings.